The summed E-state index contributed by atoms with van der Waals surface area (Å²) in [6.07, 6.45) is 0.845. The van der Waals surface area contributed by atoms with Gasteiger partial charge in [-0.25, -0.2) is 9.78 Å². The number of pyridine rings is 1. The zero-order valence-electron chi connectivity index (χ0n) is 9.28. The fraction of sp³-hybridized carbons (Fsp3) is 0.364. The molecule has 86 valence electrons. The highest BCUT2D eigenvalue weighted by Crippen LogP contribution is 2.06. The Labute approximate surface area is 93.5 Å². The number of nitrogens with zero attached hydrogens (tertiary/aromatic N) is 1. The van der Waals surface area contributed by atoms with Gasteiger partial charge in [-0.05, 0) is 25.5 Å². The van der Waals surface area contributed by atoms with Crippen LogP contribution in [0.25, 0.3) is 0 Å². The highest BCUT2D eigenvalue weighted by Gasteiger charge is 2.12. The first-order chi connectivity index (χ1) is 7.56. The number of rotatable bonds is 4. The molecule has 5 nitrogen and oxygen atoms in total. The van der Waals surface area contributed by atoms with Crippen LogP contribution >= 0.6 is 0 Å². The van der Waals surface area contributed by atoms with E-state index in [0.717, 1.165) is 6.42 Å². The summed E-state index contributed by atoms with van der Waals surface area (Å²) in [5.41, 5.74) is 0.708. The number of hydrogen-bond donors (Lipinski definition) is 2. The molecule has 16 heavy (non-hydrogen) atoms. The normalized spacial score (nSPS) is 9.88. The van der Waals surface area contributed by atoms with Crippen LogP contribution in [0.2, 0.25) is 0 Å². The number of carboxylic acid groups (broad SMARTS) is 1. The first-order valence-corrected chi connectivity index (χ1v) is 5.05. The number of amides is 1. The molecular formula is C11H14N2O3. The molecule has 0 radical (unpaired) electrons. The molecule has 0 saturated carbocycles. The summed E-state index contributed by atoms with van der Waals surface area (Å²) in [5.74, 6) is -1.31. The monoisotopic (exact) mass is 222 g/mol. The second-order valence-electron chi connectivity index (χ2n) is 3.39. The van der Waals surface area contributed by atoms with E-state index in [1.165, 1.54) is 12.1 Å². The molecule has 0 unspecified atom stereocenters. The lowest BCUT2D eigenvalue weighted by Crippen LogP contribution is -2.25. The van der Waals surface area contributed by atoms with Crippen molar-refractivity contribution in [2.75, 3.05) is 6.54 Å². The summed E-state index contributed by atoms with van der Waals surface area (Å²) < 4.78 is 0. The molecule has 0 aliphatic heterocycles. The number of carbonyl (C=O) groups excluding carboxylic acids is 1. The first-order valence-electron chi connectivity index (χ1n) is 5.05. The fourth-order valence-corrected chi connectivity index (χ4v) is 1.24. The van der Waals surface area contributed by atoms with Crippen LogP contribution < -0.4 is 5.32 Å². The lowest BCUT2D eigenvalue weighted by Gasteiger charge is -2.05. The molecule has 2 N–H and O–H groups in total. The third-order valence-corrected chi connectivity index (χ3v) is 2.08. The van der Waals surface area contributed by atoms with E-state index in [0.29, 0.717) is 12.2 Å². The minimum Gasteiger partial charge on any atom is -0.478 e. The lowest BCUT2D eigenvalue weighted by molar-refractivity contribution is 0.0694. The van der Waals surface area contributed by atoms with Gasteiger partial charge in [-0.2, -0.15) is 0 Å². The van der Waals surface area contributed by atoms with Crippen molar-refractivity contribution in [2.24, 2.45) is 0 Å². The summed E-state index contributed by atoms with van der Waals surface area (Å²) >= 11 is 0. The topological polar surface area (TPSA) is 79.3 Å². The van der Waals surface area contributed by atoms with E-state index in [4.69, 9.17) is 5.11 Å². The third-order valence-electron chi connectivity index (χ3n) is 2.08. The number of carboxylic acids is 1. The molecule has 1 heterocycles. The summed E-state index contributed by atoms with van der Waals surface area (Å²) in [6, 6.07) is 2.81. The van der Waals surface area contributed by atoms with E-state index in [-0.39, 0.29) is 17.2 Å². The molecule has 0 bridgehead atoms. The highest BCUT2D eigenvalue weighted by atomic mass is 16.4. The molecule has 0 spiro atoms. The van der Waals surface area contributed by atoms with Crippen molar-refractivity contribution in [3.8, 4) is 0 Å². The Kier molecular flexibility index (Phi) is 3.99. The summed E-state index contributed by atoms with van der Waals surface area (Å²) in [6.45, 7) is 4.10. The van der Waals surface area contributed by atoms with Crippen LogP contribution in [-0.2, 0) is 0 Å². The largest absolute Gasteiger partial charge is 0.478 e. The Bertz CT molecular complexity index is 416. The van der Waals surface area contributed by atoms with E-state index in [2.05, 4.69) is 10.3 Å². The molecular weight excluding hydrogens is 208 g/mol. The van der Waals surface area contributed by atoms with Gasteiger partial charge in [0.05, 0.1) is 11.3 Å². The number of hydrogen-bond acceptors (Lipinski definition) is 3. The van der Waals surface area contributed by atoms with Gasteiger partial charge in [0.1, 0.15) is 5.69 Å². The van der Waals surface area contributed by atoms with Crippen molar-refractivity contribution < 1.29 is 14.7 Å². The molecule has 1 rings (SSSR count). The maximum atomic E-state index is 11.5. The van der Waals surface area contributed by atoms with Gasteiger partial charge in [0, 0.05) is 6.54 Å². The quantitative estimate of drug-likeness (QED) is 0.803. The average Bonchev–Trinajstić information content (AvgIpc) is 2.25. The Morgan fingerprint density at radius 2 is 2.12 bits per heavy atom. The van der Waals surface area contributed by atoms with Gasteiger partial charge in [0.25, 0.3) is 5.91 Å². The molecule has 1 aromatic heterocycles. The molecule has 0 atom stereocenters. The van der Waals surface area contributed by atoms with Crippen molar-refractivity contribution in [3.05, 3.63) is 29.1 Å². The van der Waals surface area contributed by atoms with Gasteiger partial charge < -0.3 is 10.4 Å². The summed E-state index contributed by atoms with van der Waals surface area (Å²) in [4.78, 5) is 26.2. The third kappa shape index (κ3) is 2.79. The second kappa shape index (κ2) is 5.25. The Morgan fingerprint density at radius 3 is 2.62 bits per heavy atom. The van der Waals surface area contributed by atoms with E-state index >= 15 is 0 Å². The van der Waals surface area contributed by atoms with E-state index < -0.39 is 5.97 Å². The highest BCUT2D eigenvalue weighted by molar-refractivity contribution is 5.94. The van der Waals surface area contributed by atoms with Gasteiger partial charge in [-0.15, -0.1) is 0 Å². The maximum Gasteiger partial charge on any atom is 0.337 e. The van der Waals surface area contributed by atoms with Gasteiger partial charge in [-0.1, -0.05) is 6.92 Å². The SMILES string of the molecule is CCCNC(=O)c1ccc(C(=O)O)c(C)n1. The van der Waals surface area contributed by atoms with Crippen LogP contribution in [0.4, 0.5) is 0 Å². The molecule has 0 aromatic carbocycles. The lowest BCUT2D eigenvalue weighted by atomic mass is 10.2. The average molecular weight is 222 g/mol. The zero-order valence-corrected chi connectivity index (χ0v) is 9.28. The van der Waals surface area contributed by atoms with E-state index in [1.807, 2.05) is 6.92 Å². The van der Waals surface area contributed by atoms with Gasteiger partial charge in [0.15, 0.2) is 0 Å². The van der Waals surface area contributed by atoms with Crippen LogP contribution in [0.5, 0.6) is 0 Å². The second-order valence-corrected chi connectivity index (χ2v) is 3.39. The van der Waals surface area contributed by atoms with Crippen LogP contribution in [0.1, 0.15) is 39.9 Å². The predicted octanol–water partition coefficient (Wildman–Crippen LogP) is 1.23. The van der Waals surface area contributed by atoms with Crippen LogP contribution in [0, 0.1) is 6.92 Å². The predicted molar refractivity (Wildman–Crippen MR) is 58.6 cm³/mol. The van der Waals surface area contributed by atoms with Crippen molar-refractivity contribution in [1.82, 2.24) is 10.3 Å². The van der Waals surface area contributed by atoms with Crippen LogP contribution in [-0.4, -0.2) is 28.5 Å². The van der Waals surface area contributed by atoms with Gasteiger partial charge in [0.2, 0.25) is 0 Å². The standard InChI is InChI=1S/C11H14N2O3/c1-3-6-12-10(14)9-5-4-8(11(15)16)7(2)13-9/h4-5H,3,6H2,1-2H3,(H,12,14)(H,15,16). The summed E-state index contributed by atoms with van der Waals surface area (Å²) in [7, 11) is 0. The summed E-state index contributed by atoms with van der Waals surface area (Å²) in [5, 5.41) is 11.5. The van der Waals surface area contributed by atoms with Crippen molar-refractivity contribution >= 4 is 11.9 Å². The van der Waals surface area contributed by atoms with Gasteiger partial charge in [-0.3, -0.25) is 4.79 Å². The number of aromatic nitrogens is 1. The Hall–Kier alpha value is -1.91. The van der Waals surface area contributed by atoms with E-state index in [9.17, 15) is 9.59 Å². The number of nitrogens with one attached hydrogen (secondary N) is 1. The number of carbonyl (C=O) groups is 2. The van der Waals surface area contributed by atoms with Crippen molar-refractivity contribution in [1.29, 1.82) is 0 Å². The molecule has 1 aromatic rings. The smallest absolute Gasteiger partial charge is 0.337 e. The van der Waals surface area contributed by atoms with Crippen LogP contribution in [0.15, 0.2) is 12.1 Å². The Morgan fingerprint density at radius 1 is 1.44 bits per heavy atom. The number of aromatic carboxylic acids is 1. The van der Waals surface area contributed by atoms with Crippen molar-refractivity contribution in [2.45, 2.75) is 20.3 Å². The van der Waals surface area contributed by atoms with Gasteiger partial charge >= 0.3 is 5.97 Å². The minimum absolute atomic E-state index is 0.118. The number of aryl methyl sites for hydroxylation is 1. The fourth-order valence-electron chi connectivity index (χ4n) is 1.24. The van der Waals surface area contributed by atoms with Crippen molar-refractivity contribution in [3.63, 3.8) is 0 Å². The minimum atomic E-state index is -1.04. The molecule has 0 aliphatic carbocycles. The molecule has 5 heteroatoms. The molecule has 1 amide bonds. The zero-order chi connectivity index (χ0) is 12.1. The maximum absolute atomic E-state index is 11.5. The molecule has 0 fully saturated rings. The Balaban J connectivity index is 2.88. The van der Waals surface area contributed by atoms with Crippen LogP contribution in [0.3, 0.4) is 0 Å². The molecule has 0 saturated heterocycles. The van der Waals surface area contributed by atoms with E-state index in [1.54, 1.807) is 6.92 Å². The molecule has 0 aliphatic rings. The first kappa shape index (κ1) is 12.2.